The molecule has 1 saturated carbocycles. The zero-order valence-electron chi connectivity index (χ0n) is 10.6. The summed E-state index contributed by atoms with van der Waals surface area (Å²) < 4.78 is 1.80. The third-order valence-corrected chi connectivity index (χ3v) is 3.82. The van der Waals surface area contributed by atoms with Gasteiger partial charge in [0.2, 0.25) is 0 Å². The molecule has 19 heavy (non-hydrogen) atoms. The van der Waals surface area contributed by atoms with Gasteiger partial charge in [0, 0.05) is 25.1 Å². The van der Waals surface area contributed by atoms with Gasteiger partial charge in [-0.05, 0) is 30.9 Å². The third-order valence-electron chi connectivity index (χ3n) is 3.82. The number of nitrogens with one attached hydrogen (secondary N) is 1. The lowest BCUT2D eigenvalue weighted by Crippen LogP contribution is -2.38. The van der Waals surface area contributed by atoms with Gasteiger partial charge in [-0.3, -0.25) is 4.79 Å². The number of imidazole rings is 1. The first-order valence-electron chi connectivity index (χ1n) is 6.63. The molecule has 5 nitrogen and oxygen atoms in total. The van der Waals surface area contributed by atoms with Crippen LogP contribution < -0.4 is 5.32 Å². The van der Waals surface area contributed by atoms with Gasteiger partial charge in [0.25, 0.3) is 5.91 Å². The molecule has 1 fully saturated rings. The van der Waals surface area contributed by atoms with E-state index in [4.69, 9.17) is 0 Å². The van der Waals surface area contributed by atoms with Crippen LogP contribution in [0.2, 0.25) is 0 Å². The van der Waals surface area contributed by atoms with Crippen LogP contribution in [0.4, 0.5) is 0 Å². The minimum atomic E-state index is -0.422. The predicted octanol–water partition coefficient (Wildman–Crippen LogP) is 1.23. The number of rotatable bonds is 4. The van der Waals surface area contributed by atoms with Crippen LogP contribution in [0.1, 0.15) is 29.6 Å². The van der Waals surface area contributed by atoms with Gasteiger partial charge in [-0.15, -0.1) is 0 Å². The Morgan fingerprint density at radius 2 is 2.37 bits per heavy atom. The highest BCUT2D eigenvalue weighted by Gasteiger charge is 2.25. The van der Waals surface area contributed by atoms with E-state index in [1.807, 2.05) is 0 Å². The molecule has 1 aliphatic rings. The topological polar surface area (TPSA) is 66.6 Å². The van der Waals surface area contributed by atoms with Crippen molar-refractivity contribution in [2.75, 3.05) is 6.54 Å². The standard InChI is InChI=1S/C14H17N3O2/c18-12(10-2-1-3-10)8-16-14(19)11-4-5-13-15-6-7-17(13)9-11/h4-7,9-10,12,18H,1-3,8H2,(H,16,19)/t12-/m1/s1. The number of hydrogen-bond donors (Lipinski definition) is 2. The Morgan fingerprint density at radius 1 is 1.53 bits per heavy atom. The van der Waals surface area contributed by atoms with Crippen LogP contribution in [0.15, 0.2) is 30.7 Å². The van der Waals surface area contributed by atoms with Crippen molar-refractivity contribution in [3.63, 3.8) is 0 Å². The molecule has 0 saturated heterocycles. The number of carbonyl (C=O) groups excluding carboxylic acids is 1. The molecular weight excluding hydrogens is 242 g/mol. The molecule has 2 aromatic rings. The lowest BCUT2D eigenvalue weighted by molar-refractivity contribution is 0.0584. The fraction of sp³-hybridized carbons (Fsp3) is 0.429. The first kappa shape index (κ1) is 12.2. The quantitative estimate of drug-likeness (QED) is 0.867. The predicted molar refractivity (Wildman–Crippen MR) is 70.9 cm³/mol. The summed E-state index contributed by atoms with van der Waals surface area (Å²) in [6.45, 7) is 0.325. The number of carbonyl (C=O) groups is 1. The Labute approximate surface area is 111 Å². The largest absolute Gasteiger partial charge is 0.391 e. The molecule has 0 aromatic carbocycles. The number of hydrogen-bond acceptors (Lipinski definition) is 3. The first-order valence-corrected chi connectivity index (χ1v) is 6.63. The van der Waals surface area contributed by atoms with E-state index < -0.39 is 6.10 Å². The van der Waals surface area contributed by atoms with Gasteiger partial charge < -0.3 is 14.8 Å². The maximum atomic E-state index is 12.0. The first-order chi connectivity index (χ1) is 9.24. The van der Waals surface area contributed by atoms with Gasteiger partial charge in [0.1, 0.15) is 5.65 Å². The second-order valence-electron chi connectivity index (χ2n) is 5.08. The molecule has 3 rings (SSSR count). The van der Waals surface area contributed by atoms with Crippen molar-refractivity contribution in [2.24, 2.45) is 5.92 Å². The van der Waals surface area contributed by atoms with E-state index in [-0.39, 0.29) is 5.91 Å². The number of aromatic nitrogens is 2. The van der Waals surface area contributed by atoms with Crippen LogP contribution in [-0.4, -0.2) is 33.0 Å². The monoisotopic (exact) mass is 259 g/mol. The Balaban J connectivity index is 1.62. The van der Waals surface area contributed by atoms with Gasteiger partial charge in [0.05, 0.1) is 11.7 Å². The molecule has 1 amide bonds. The van der Waals surface area contributed by atoms with Crippen molar-refractivity contribution in [2.45, 2.75) is 25.4 Å². The molecule has 1 atom stereocenters. The Kier molecular flexibility index (Phi) is 3.21. The van der Waals surface area contributed by atoms with Gasteiger partial charge in [0.15, 0.2) is 0 Å². The van der Waals surface area contributed by atoms with Gasteiger partial charge in [-0.2, -0.15) is 0 Å². The number of aliphatic hydroxyl groups is 1. The van der Waals surface area contributed by atoms with Gasteiger partial charge in [-0.25, -0.2) is 4.98 Å². The fourth-order valence-corrected chi connectivity index (χ4v) is 2.34. The smallest absolute Gasteiger partial charge is 0.252 e. The zero-order chi connectivity index (χ0) is 13.2. The molecule has 1 aliphatic carbocycles. The summed E-state index contributed by atoms with van der Waals surface area (Å²) in [5.41, 5.74) is 1.39. The van der Waals surface area contributed by atoms with E-state index in [0.717, 1.165) is 18.5 Å². The second kappa shape index (κ2) is 5.01. The van der Waals surface area contributed by atoms with Crippen molar-refractivity contribution in [1.29, 1.82) is 0 Å². The molecule has 2 aromatic heterocycles. The van der Waals surface area contributed by atoms with Crippen molar-refractivity contribution in [3.8, 4) is 0 Å². The summed E-state index contributed by atoms with van der Waals surface area (Å²) in [6.07, 6.45) is 8.14. The zero-order valence-corrected chi connectivity index (χ0v) is 10.6. The third kappa shape index (κ3) is 2.46. The highest BCUT2D eigenvalue weighted by atomic mass is 16.3. The Morgan fingerprint density at radius 3 is 3.11 bits per heavy atom. The number of nitrogens with zero attached hydrogens (tertiary/aromatic N) is 2. The summed E-state index contributed by atoms with van der Waals surface area (Å²) in [4.78, 5) is 16.1. The van der Waals surface area contributed by atoms with Crippen LogP contribution in [-0.2, 0) is 0 Å². The summed E-state index contributed by atoms with van der Waals surface area (Å²) in [5.74, 6) is 0.199. The van der Waals surface area contributed by atoms with Crippen LogP contribution in [0.5, 0.6) is 0 Å². The maximum Gasteiger partial charge on any atom is 0.252 e. The number of aliphatic hydroxyl groups excluding tert-OH is 1. The van der Waals surface area contributed by atoms with Gasteiger partial charge in [-0.1, -0.05) is 6.42 Å². The molecule has 0 spiro atoms. The normalized spacial score (nSPS) is 17.1. The van der Waals surface area contributed by atoms with Crippen molar-refractivity contribution < 1.29 is 9.90 Å². The Hall–Kier alpha value is -1.88. The van der Waals surface area contributed by atoms with Gasteiger partial charge >= 0.3 is 0 Å². The highest BCUT2D eigenvalue weighted by Crippen LogP contribution is 2.29. The summed E-state index contributed by atoms with van der Waals surface area (Å²) in [5, 5.41) is 12.7. The minimum Gasteiger partial charge on any atom is -0.391 e. The highest BCUT2D eigenvalue weighted by molar-refractivity contribution is 5.94. The molecule has 0 radical (unpaired) electrons. The van der Waals surface area contributed by atoms with E-state index in [0.29, 0.717) is 18.0 Å². The molecule has 2 N–H and O–H groups in total. The summed E-state index contributed by atoms with van der Waals surface area (Å²) in [7, 11) is 0. The average Bonchev–Trinajstić information content (AvgIpc) is 2.80. The van der Waals surface area contributed by atoms with Crippen molar-refractivity contribution >= 4 is 11.6 Å². The lowest BCUT2D eigenvalue weighted by Gasteiger charge is -2.30. The van der Waals surface area contributed by atoms with E-state index in [1.54, 1.807) is 35.1 Å². The average molecular weight is 259 g/mol. The van der Waals surface area contributed by atoms with Crippen LogP contribution in [0.25, 0.3) is 5.65 Å². The van der Waals surface area contributed by atoms with E-state index in [2.05, 4.69) is 10.3 Å². The van der Waals surface area contributed by atoms with Crippen LogP contribution in [0.3, 0.4) is 0 Å². The molecule has 0 bridgehead atoms. The second-order valence-corrected chi connectivity index (χ2v) is 5.08. The maximum absolute atomic E-state index is 12.0. The molecule has 100 valence electrons. The van der Waals surface area contributed by atoms with Crippen LogP contribution >= 0.6 is 0 Å². The molecule has 0 aliphatic heterocycles. The van der Waals surface area contributed by atoms with E-state index in [9.17, 15) is 9.90 Å². The lowest BCUT2D eigenvalue weighted by atomic mass is 9.81. The van der Waals surface area contributed by atoms with Crippen LogP contribution in [0, 0.1) is 5.92 Å². The molecule has 2 heterocycles. The van der Waals surface area contributed by atoms with E-state index in [1.165, 1.54) is 6.42 Å². The van der Waals surface area contributed by atoms with E-state index >= 15 is 0 Å². The SMILES string of the molecule is O=C(NC[C@@H](O)C1CCC1)c1ccc2nccn2c1. The molecule has 5 heteroatoms. The number of fused-ring (bicyclic) bond motifs is 1. The number of pyridine rings is 1. The fourth-order valence-electron chi connectivity index (χ4n) is 2.34. The van der Waals surface area contributed by atoms with Crippen molar-refractivity contribution in [1.82, 2.24) is 14.7 Å². The molecule has 0 unspecified atom stereocenters. The summed E-state index contributed by atoms with van der Waals surface area (Å²) >= 11 is 0. The minimum absolute atomic E-state index is 0.158. The van der Waals surface area contributed by atoms with Crippen molar-refractivity contribution in [3.05, 3.63) is 36.3 Å². The molecular formula is C14H17N3O2. The summed E-state index contributed by atoms with van der Waals surface area (Å²) in [6, 6.07) is 3.55. The number of amides is 1. The Bertz CT molecular complexity index is 589.